The molecule has 32 heavy (non-hydrogen) atoms. The topological polar surface area (TPSA) is 111 Å². The Labute approximate surface area is 186 Å². The van der Waals surface area contributed by atoms with Crippen molar-refractivity contribution < 1.29 is 32.2 Å². The van der Waals surface area contributed by atoms with Crippen LogP contribution < -0.4 is 14.8 Å². The number of nitrogens with zero attached hydrogens (tertiary/aromatic N) is 1. The molecule has 0 unspecified atom stereocenters. The van der Waals surface area contributed by atoms with Crippen molar-refractivity contribution in [1.29, 1.82) is 0 Å². The number of amides is 1. The van der Waals surface area contributed by atoms with Crippen molar-refractivity contribution in [2.45, 2.75) is 31.1 Å². The molecule has 0 saturated carbocycles. The number of ether oxygens (including phenoxy) is 3. The Hall–Kier alpha value is -3.11. The van der Waals surface area contributed by atoms with Crippen molar-refractivity contribution in [3.05, 3.63) is 47.5 Å². The van der Waals surface area contributed by atoms with E-state index in [2.05, 4.69) is 5.32 Å². The van der Waals surface area contributed by atoms with Gasteiger partial charge in [0, 0.05) is 24.8 Å². The molecule has 9 nitrogen and oxygen atoms in total. The Kier molecular flexibility index (Phi) is 6.33. The number of piperidine rings is 1. The Morgan fingerprint density at radius 1 is 1.03 bits per heavy atom. The standard InChI is InChI=1S/C22H24N2O7S/c1-15-5-6-16(11-20(15)32(27,28)24-9-3-2-4-10-24)22(26)29-13-21(25)23-17-7-8-18-19(12-17)31-14-30-18/h5-8,11-12H,2-4,9-10,13-14H2,1H3,(H,23,25). The van der Waals surface area contributed by atoms with Gasteiger partial charge in [-0.2, -0.15) is 4.31 Å². The molecule has 1 fully saturated rings. The first-order valence-electron chi connectivity index (χ1n) is 10.3. The van der Waals surface area contributed by atoms with Gasteiger partial charge in [-0.15, -0.1) is 0 Å². The predicted octanol–water partition coefficient (Wildman–Crippen LogP) is 2.69. The van der Waals surface area contributed by atoms with E-state index in [1.165, 1.54) is 16.4 Å². The number of anilines is 1. The van der Waals surface area contributed by atoms with Crippen LogP contribution in [0.15, 0.2) is 41.3 Å². The van der Waals surface area contributed by atoms with E-state index in [1.807, 2.05) is 0 Å². The highest BCUT2D eigenvalue weighted by molar-refractivity contribution is 7.89. The van der Waals surface area contributed by atoms with E-state index in [9.17, 15) is 18.0 Å². The molecule has 0 atom stereocenters. The highest BCUT2D eigenvalue weighted by Gasteiger charge is 2.28. The number of sulfonamides is 1. The molecule has 1 N–H and O–H groups in total. The number of rotatable bonds is 6. The lowest BCUT2D eigenvalue weighted by molar-refractivity contribution is -0.119. The number of fused-ring (bicyclic) bond motifs is 1. The maximum atomic E-state index is 13.0. The molecule has 0 aromatic heterocycles. The van der Waals surface area contributed by atoms with Gasteiger partial charge in [0.15, 0.2) is 18.1 Å². The zero-order chi connectivity index (χ0) is 22.7. The lowest BCUT2D eigenvalue weighted by Crippen LogP contribution is -2.36. The molecule has 0 bridgehead atoms. The van der Waals surface area contributed by atoms with E-state index in [4.69, 9.17) is 14.2 Å². The van der Waals surface area contributed by atoms with Gasteiger partial charge in [0.1, 0.15) is 0 Å². The summed E-state index contributed by atoms with van der Waals surface area (Å²) in [7, 11) is -3.70. The van der Waals surface area contributed by atoms with E-state index in [0.29, 0.717) is 35.8 Å². The van der Waals surface area contributed by atoms with E-state index in [1.54, 1.807) is 31.2 Å². The quantitative estimate of drug-likeness (QED) is 0.660. The molecular formula is C22H24N2O7S. The van der Waals surface area contributed by atoms with Gasteiger partial charge >= 0.3 is 5.97 Å². The van der Waals surface area contributed by atoms with E-state index in [0.717, 1.165) is 19.3 Å². The Bertz CT molecular complexity index is 1140. The molecule has 0 aliphatic carbocycles. The van der Waals surface area contributed by atoms with Crippen LogP contribution in [0.3, 0.4) is 0 Å². The number of esters is 1. The summed E-state index contributed by atoms with van der Waals surface area (Å²) in [6, 6.07) is 9.30. The highest BCUT2D eigenvalue weighted by atomic mass is 32.2. The second-order valence-electron chi connectivity index (χ2n) is 7.64. The second kappa shape index (κ2) is 9.17. The summed E-state index contributed by atoms with van der Waals surface area (Å²) < 4.78 is 43.1. The third-order valence-electron chi connectivity index (χ3n) is 5.35. The van der Waals surface area contributed by atoms with Crippen molar-refractivity contribution >= 4 is 27.6 Å². The third kappa shape index (κ3) is 4.71. The molecule has 2 heterocycles. The fourth-order valence-corrected chi connectivity index (χ4v) is 5.40. The van der Waals surface area contributed by atoms with Gasteiger partial charge in [-0.25, -0.2) is 13.2 Å². The summed E-state index contributed by atoms with van der Waals surface area (Å²) in [5, 5.41) is 2.61. The van der Waals surface area contributed by atoms with Gasteiger partial charge in [-0.3, -0.25) is 4.79 Å². The number of nitrogens with one attached hydrogen (secondary N) is 1. The molecule has 2 aliphatic heterocycles. The minimum Gasteiger partial charge on any atom is -0.454 e. The monoisotopic (exact) mass is 460 g/mol. The first-order valence-corrected chi connectivity index (χ1v) is 11.8. The third-order valence-corrected chi connectivity index (χ3v) is 7.39. The molecule has 170 valence electrons. The summed E-state index contributed by atoms with van der Waals surface area (Å²) in [6.07, 6.45) is 2.64. The highest BCUT2D eigenvalue weighted by Crippen LogP contribution is 2.34. The lowest BCUT2D eigenvalue weighted by Gasteiger charge is -2.26. The van der Waals surface area contributed by atoms with Crippen molar-refractivity contribution in [3.8, 4) is 11.5 Å². The summed E-state index contributed by atoms with van der Waals surface area (Å²) in [5.74, 6) is -0.211. The fourth-order valence-electron chi connectivity index (χ4n) is 3.64. The number of aryl methyl sites for hydroxylation is 1. The van der Waals surface area contributed by atoms with Crippen LogP contribution in [-0.4, -0.2) is 51.1 Å². The van der Waals surface area contributed by atoms with Gasteiger partial charge in [0.2, 0.25) is 16.8 Å². The molecule has 2 aromatic rings. The largest absolute Gasteiger partial charge is 0.454 e. The maximum Gasteiger partial charge on any atom is 0.338 e. The molecule has 10 heteroatoms. The zero-order valence-electron chi connectivity index (χ0n) is 17.6. The predicted molar refractivity (Wildman–Crippen MR) is 115 cm³/mol. The SMILES string of the molecule is Cc1ccc(C(=O)OCC(=O)Nc2ccc3c(c2)OCO3)cc1S(=O)(=O)N1CCCCC1. The van der Waals surface area contributed by atoms with Crippen LogP contribution in [0.25, 0.3) is 0 Å². The summed E-state index contributed by atoms with van der Waals surface area (Å²) in [6.45, 7) is 2.23. The number of hydrogen-bond acceptors (Lipinski definition) is 7. The lowest BCUT2D eigenvalue weighted by atomic mass is 10.1. The Morgan fingerprint density at radius 2 is 1.78 bits per heavy atom. The molecule has 1 amide bonds. The maximum absolute atomic E-state index is 13.0. The van der Waals surface area contributed by atoms with Gasteiger partial charge in [0.25, 0.3) is 5.91 Å². The van der Waals surface area contributed by atoms with Gasteiger partial charge in [-0.1, -0.05) is 12.5 Å². The van der Waals surface area contributed by atoms with Crippen molar-refractivity contribution in [1.82, 2.24) is 4.31 Å². The normalized spacial score (nSPS) is 15.9. The minimum absolute atomic E-state index is 0.0714. The molecule has 2 aromatic carbocycles. The van der Waals surface area contributed by atoms with E-state index in [-0.39, 0.29) is 17.3 Å². The molecular weight excluding hydrogens is 436 g/mol. The minimum atomic E-state index is -3.70. The summed E-state index contributed by atoms with van der Waals surface area (Å²) in [5.41, 5.74) is 1.09. The van der Waals surface area contributed by atoms with Crippen LogP contribution in [0, 0.1) is 6.92 Å². The second-order valence-corrected chi connectivity index (χ2v) is 9.54. The molecule has 0 spiro atoms. The molecule has 2 aliphatic rings. The first-order chi connectivity index (χ1) is 15.3. The van der Waals surface area contributed by atoms with Gasteiger partial charge < -0.3 is 19.5 Å². The van der Waals surface area contributed by atoms with E-state index >= 15 is 0 Å². The molecule has 1 saturated heterocycles. The van der Waals surface area contributed by atoms with E-state index < -0.39 is 28.5 Å². The average molecular weight is 461 g/mol. The van der Waals surface area contributed by atoms with Crippen LogP contribution in [0.5, 0.6) is 11.5 Å². The molecule has 0 radical (unpaired) electrons. The van der Waals surface area contributed by atoms with Crippen LogP contribution in [0.2, 0.25) is 0 Å². The zero-order valence-corrected chi connectivity index (χ0v) is 18.4. The first kappa shape index (κ1) is 22.1. The van der Waals surface area contributed by atoms with Crippen LogP contribution in [0.4, 0.5) is 5.69 Å². The fraction of sp³-hybridized carbons (Fsp3) is 0.364. The number of benzene rings is 2. The van der Waals surface area contributed by atoms with Crippen molar-refractivity contribution in [3.63, 3.8) is 0 Å². The molecule has 4 rings (SSSR count). The number of hydrogen-bond donors (Lipinski definition) is 1. The van der Waals surface area contributed by atoms with Crippen LogP contribution in [0.1, 0.15) is 35.2 Å². The summed E-state index contributed by atoms with van der Waals surface area (Å²) >= 11 is 0. The summed E-state index contributed by atoms with van der Waals surface area (Å²) in [4.78, 5) is 24.7. The number of carbonyl (C=O) groups is 2. The van der Waals surface area contributed by atoms with Gasteiger partial charge in [-0.05, 0) is 49.6 Å². The Morgan fingerprint density at radius 3 is 2.56 bits per heavy atom. The smallest absolute Gasteiger partial charge is 0.338 e. The van der Waals surface area contributed by atoms with Crippen molar-refractivity contribution in [2.24, 2.45) is 0 Å². The van der Waals surface area contributed by atoms with Gasteiger partial charge in [0.05, 0.1) is 10.5 Å². The average Bonchev–Trinajstić information content (AvgIpc) is 3.26. The van der Waals surface area contributed by atoms with Crippen LogP contribution in [-0.2, 0) is 19.6 Å². The number of carbonyl (C=O) groups excluding carboxylic acids is 2. The van der Waals surface area contributed by atoms with Crippen LogP contribution >= 0.6 is 0 Å². The van der Waals surface area contributed by atoms with Crippen molar-refractivity contribution in [2.75, 3.05) is 31.8 Å². The Balaban J connectivity index is 1.40.